The minimum Gasteiger partial charge on any atom is -0.486 e. The van der Waals surface area contributed by atoms with E-state index in [0.29, 0.717) is 31.9 Å². The summed E-state index contributed by atoms with van der Waals surface area (Å²) < 4.78 is 25.7. The molecule has 0 aliphatic carbocycles. The first-order valence-electron chi connectivity index (χ1n) is 13.3. The van der Waals surface area contributed by atoms with E-state index < -0.39 is 5.82 Å². The summed E-state index contributed by atoms with van der Waals surface area (Å²) in [6.07, 6.45) is 3.68. The lowest BCUT2D eigenvalue weighted by Gasteiger charge is -2.27. The van der Waals surface area contributed by atoms with Gasteiger partial charge in [-0.25, -0.2) is 9.37 Å². The second kappa shape index (κ2) is 10.5. The largest absolute Gasteiger partial charge is 0.486 e. The molecular weight excluding hydrogens is 471 g/mol. The van der Waals surface area contributed by atoms with E-state index in [9.17, 15) is 9.18 Å². The van der Waals surface area contributed by atoms with Crippen molar-refractivity contribution in [3.05, 3.63) is 59.9 Å². The summed E-state index contributed by atoms with van der Waals surface area (Å²) in [5, 5.41) is 4.42. The first-order valence-corrected chi connectivity index (χ1v) is 13.3. The van der Waals surface area contributed by atoms with Crippen LogP contribution in [0.1, 0.15) is 24.8 Å². The van der Waals surface area contributed by atoms with Crippen LogP contribution in [-0.4, -0.2) is 67.8 Å². The fraction of sp³-hybridized carbons (Fsp3) is 0.448. The Morgan fingerprint density at radius 2 is 1.92 bits per heavy atom. The number of carbonyl (C=O) groups excluding carboxylic acids is 1. The van der Waals surface area contributed by atoms with Gasteiger partial charge in [-0.1, -0.05) is 18.2 Å². The summed E-state index contributed by atoms with van der Waals surface area (Å²) in [6.45, 7) is 5.03. The van der Waals surface area contributed by atoms with Crippen LogP contribution in [0, 0.1) is 11.7 Å². The smallest absolute Gasteiger partial charge is 0.225 e. The van der Waals surface area contributed by atoms with Crippen LogP contribution in [0.25, 0.3) is 10.9 Å². The van der Waals surface area contributed by atoms with E-state index in [-0.39, 0.29) is 23.6 Å². The maximum absolute atomic E-state index is 14.7. The second-order valence-corrected chi connectivity index (χ2v) is 10.3. The van der Waals surface area contributed by atoms with E-state index in [1.807, 2.05) is 30.3 Å². The van der Waals surface area contributed by atoms with Crippen LogP contribution < -0.4 is 19.7 Å². The topological polar surface area (TPSA) is 66.9 Å². The van der Waals surface area contributed by atoms with Crippen molar-refractivity contribution in [1.29, 1.82) is 0 Å². The molecule has 37 heavy (non-hydrogen) atoms. The number of nitrogens with zero attached hydrogens (tertiary/aromatic N) is 3. The Kier molecular flexibility index (Phi) is 6.83. The first kappa shape index (κ1) is 24.0. The summed E-state index contributed by atoms with van der Waals surface area (Å²) >= 11 is 0. The quantitative estimate of drug-likeness (QED) is 0.528. The molecular formula is C29H33FN4O3. The Balaban J connectivity index is 1.14. The number of ether oxygens (including phenoxy) is 2. The van der Waals surface area contributed by atoms with E-state index in [1.54, 1.807) is 0 Å². The normalized spacial score (nSPS) is 20.4. The molecule has 6 rings (SSSR count). The molecule has 3 aliphatic heterocycles. The number of anilines is 1. The zero-order valence-electron chi connectivity index (χ0n) is 21.0. The number of amides is 1. The fourth-order valence-electron chi connectivity index (χ4n) is 5.74. The van der Waals surface area contributed by atoms with Crippen LogP contribution in [0.4, 0.5) is 10.2 Å². The van der Waals surface area contributed by atoms with Crippen LogP contribution in [0.3, 0.4) is 0 Å². The van der Waals surface area contributed by atoms with Gasteiger partial charge in [0, 0.05) is 31.1 Å². The summed E-state index contributed by atoms with van der Waals surface area (Å²) in [4.78, 5) is 22.8. The third-order valence-corrected chi connectivity index (χ3v) is 7.63. The highest BCUT2D eigenvalue weighted by Gasteiger charge is 2.31. The van der Waals surface area contributed by atoms with Gasteiger partial charge in [-0.3, -0.25) is 4.79 Å². The van der Waals surface area contributed by atoms with Gasteiger partial charge >= 0.3 is 0 Å². The number of hydrogen-bond acceptors (Lipinski definition) is 6. The average Bonchev–Trinajstić information content (AvgIpc) is 3.61. The van der Waals surface area contributed by atoms with Crippen molar-refractivity contribution < 1.29 is 18.7 Å². The number of benzene rings is 2. The number of nitrogens with one attached hydrogen (secondary N) is 1. The van der Waals surface area contributed by atoms with Crippen molar-refractivity contribution in [3.8, 4) is 11.5 Å². The highest BCUT2D eigenvalue weighted by molar-refractivity contribution is 5.82. The monoisotopic (exact) mass is 504 g/mol. The van der Waals surface area contributed by atoms with Crippen LogP contribution in [-0.2, 0) is 11.2 Å². The standard InChI is InChI=1S/C29H33FN4O3/c30-24-16-20(17-26-28(24)37-14-13-36-26)15-23(19-33-10-3-4-11-33)31-29(35)22-9-12-34(18-22)27-8-7-21-5-1-2-6-25(21)32-27/h1-2,5-8,16-17,22-23H,3-4,9-15,18-19H2,(H,31,35)/t22-,23?/m1/s1. The molecule has 3 aromatic rings. The molecule has 2 saturated heterocycles. The number of fused-ring (bicyclic) bond motifs is 2. The number of rotatable bonds is 7. The highest BCUT2D eigenvalue weighted by atomic mass is 19.1. The van der Waals surface area contributed by atoms with Crippen molar-refractivity contribution in [2.45, 2.75) is 31.7 Å². The molecule has 1 amide bonds. The molecule has 1 N–H and O–H groups in total. The predicted octanol–water partition coefficient (Wildman–Crippen LogP) is 3.79. The van der Waals surface area contributed by atoms with Crippen molar-refractivity contribution in [2.75, 3.05) is 50.8 Å². The van der Waals surface area contributed by atoms with Gasteiger partial charge in [0.15, 0.2) is 17.3 Å². The molecule has 0 saturated carbocycles. The lowest BCUT2D eigenvalue weighted by molar-refractivity contribution is -0.125. The summed E-state index contributed by atoms with van der Waals surface area (Å²) in [7, 11) is 0. The molecule has 7 nitrogen and oxygen atoms in total. The molecule has 194 valence electrons. The molecule has 2 aromatic carbocycles. The lowest BCUT2D eigenvalue weighted by atomic mass is 10.0. The Hall–Kier alpha value is -3.39. The van der Waals surface area contributed by atoms with Gasteiger partial charge in [-0.2, -0.15) is 0 Å². The average molecular weight is 505 g/mol. The maximum atomic E-state index is 14.7. The number of likely N-dealkylation sites (tertiary alicyclic amines) is 1. The Morgan fingerprint density at radius 3 is 2.81 bits per heavy atom. The molecule has 2 fully saturated rings. The van der Waals surface area contributed by atoms with E-state index in [4.69, 9.17) is 14.5 Å². The predicted molar refractivity (Wildman–Crippen MR) is 141 cm³/mol. The molecule has 0 spiro atoms. The van der Waals surface area contributed by atoms with E-state index >= 15 is 0 Å². The highest BCUT2D eigenvalue weighted by Crippen LogP contribution is 2.34. The van der Waals surface area contributed by atoms with Crippen LogP contribution in [0.5, 0.6) is 11.5 Å². The number of halogens is 1. The number of carbonyl (C=O) groups is 1. The minimum atomic E-state index is -0.409. The van der Waals surface area contributed by atoms with Gasteiger partial charge in [0.25, 0.3) is 0 Å². The zero-order chi connectivity index (χ0) is 25.2. The third kappa shape index (κ3) is 5.34. The minimum absolute atomic E-state index is 0.0606. The molecule has 4 heterocycles. The van der Waals surface area contributed by atoms with Gasteiger partial charge in [0.1, 0.15) is 19.0 Å². The van der Waals surface area contributed by atoms with Gasteiger partial charge < -0.3 is 24.6 Å². The zero-order valence-corrected chi connectivity index (χ0v) is 21.0. The lowest BCUT2D eigenvalue weighted by Crippen LogP contribution is -2.47. The maximum Gasteiger partial charge on any atom is 0.225 e. The summed E-state index contributed by atoms with van der Waals surface area (Å²) in [5.74, 6) is 1.09. The molecule has 3 aliphatic rings. The Labute approximate surface area is 216 Å². The SMILES string of the molecule is O=C(NC(Cc1cc(F)c2c(c1)OCCO2)CN1CCCC1)[C@@H]1CCN(c2ccc3ccccc3n2)C1. The van der Waals surface area contributed by atoms with Gasteiger partial charge in [-0.05, 0) is 74.7 Å². The number of aromatic nitrogens is 1. The van der Waals surface area contributed by atoms with E-state index in [1.165, 1.54) is 18.9 Å². The van der Waals surface area contributed by atoms with Crippen molar-refractivity contribution in [3.63, 3.8) is 0 Å². The first-order chi connectivity index (χ1) is 18.1. The van der Waals surface area contributed by atoms with Crippen LogP contribution in [0.15, 0.2) is 48.5 Å². The van der Waals surface area contributed by atoms with Crippen LogP contribution >= 0.6 is 0 Å². The van der Waals surface area contributed by atoms with Gasteiger partial charge in [0.05, 0.1) is 11.4 Å². The molecule has 1 aromatic heterocycles. The molecule has 1 unspecified atom stereocenters. The summed E-state index contributed by atoms with van der Waals surface area (Å²) in [6, 6.07) is 15.5. The third-order valence-electron chi connectivity index (χ3n) is 7.63. The van der Waals surface area contributed by atoms with E-state index in [0.717, 1.165) is 54.9 Å². The Bertz CT molecular complexity index is 1280. The van der Waals surface area contributed by atoms with E-state index in [2.05, 4.69) is 27.2 Å². The van der Waals surface area contributed by atoms with Crippen molar-refractivity contribution in [2.24, 2.45) is 5.92 Å². The molecule has 0 radical (unpaired) electrons. The van der Waals surface area contributed by atoms with Gasteiger partial charge in [0.2, 0.25) is 5.91 Å². The number of pyridine rings is 1. The second-order valence-electron chi connectivity index (χ2n) is 10.3. The number of para-hydroxylation sites is 1. The van der Waals surface area contributed by atoms with Crippen molar-refractivity contribution >= 4 is 22.6 Å². The summed E-state index contributed by atoms with van der Waals surface area (Å²) in [5.41, 5.74) is 1.77. The Morgan fingerprint density at radius 1 is 1.08 bits per heavy atom. The molecule has 2 atom stereocenters. The molecule has 8 heteroatoms. The van der Waals surface area contributed by atoms with Crippen molar-refractivity contribution in [1.82, 2.24) is 15.2 Å². The fourth-order valence-corrected chi connectivity index (χ4v) is 5.74. The molecule has 0 bridgehead atoms. The number of hydrogen-bond donors (Lipinski definition) is 1. The van der Waals surface area contributed by atoms with Crippen LogP contribution in [0.2, 0.25) is 0 Å². The van der Waals surface area contributed by atoms with Gasteiger partial charge in [-0.15, -0.1) is 0 Å².